The van der Waals surface area contributed by atoms with Gasteiger partial charge in [0.15, 0.2) is 0 Å². The van der Waals surface area contributed by atoms with E-state index >= 15 is 0 Å². The van der Waals surface area contributed by atoms with Crippen LogP contribution in [0.15, 0.2) is 29.6 Å². The van der Waals surface area contributed by atoms with Crippen molar-refractivity contribution in [3.63, 3.8) is 0 Å². The maximum atomic E-state index is 12.7. The second-order valence-electron chi connectivity index (χ2n) is 4.73. The van der Waals surface area contributed by atoms with Crippen LogP contribution in [0.3, 0.4) is 0 Å². The first-order valence-corrected chi connectivity index (χ1v) is 7.41. The van der Waals surface area contributed by atoms with Crippen LogP contribution in [0.5, 0.6) is 5.75 Å². The van der Waals surface area contributed by atoms with Gasteiger partial charge in [0, 0.05) is 6.54 Å². The van der Waals surface area contributed by atoms with Gasteiger partial charge in [-0.2, -0.15) is 0 Å². The molecule has 1 aliphatic rings. The van der Waals surface area contributed by atoms with E-state index in [2.05, 4.69) is 6.07 Å². The van der Waals surface area contributed by atoms with E-state index in [1.807, 2.05) is 17.5 Å². The average molecular weight is 288 g/mol. The molecule has 5 heteroatoms. The molecule has 2 heterocycles. The molecule has 1 amide bonds. The lowest BCUT2D eigenvalue weighted by molar-refractivity contribution is 0.0989. The minimum absolute atomic E-state index is 0.0389. The molecule has 0 bridgehead atoms. The average Bonchev–Trinajstić information content (AvgIpc) is 2.91. The monoisotopic (exact) mass is 288 g/mol. The van der Waals surface area contributed by atoms with Crippen molar-refractivity contribution >= 4 is 28.6 Å². The smallest absolute Gasteiger partial charge is 0.270 e. The van der Waals surface area contributed by atoms with Gasteiger partial charge in [0.05, 0.1) is 18.5 Å². The highest BCUT2D eigenvalue weighted by molar-refractivity contribution is 7.12. The van der Waals surface area contributed by atoms with Crippen molar-refractivity contribution in [1.82, 2.24) is 0 Å². The summed E-state index contributed by atoms with van der Waals surface area (Å²) in [4.78, 5) is 15.1. The fourth-order valence-electron chi connectivity index (χ4n) is 2.60. The zero-order valence-electron chi connectivity index (χ0n) is 11.3. The van der Waals surface area contributed by atoms with Crippen molar-refractivity contribution < 1.29 is 9.53 Å². The van der Waals surface area contributed by atoms with Crippen LogP contribution in [0, 0.1) is 0 Å². The van der Waals surface area contributed by atoms with E-state index in [4.69, 9.17) is 10.5 Å². The largest absolute Gasteiger partial charge is 0.495 e. The molecule has 1 aromatic carbocycles. The van der Waals surface area contributed by atoms with Crippen LogP contribution >= 0.6 is 11.3 Å². The predicted octanol–water partition coefficient (Wildman–Crippen LogP) is 2.93. The Balaban J connectivity index is 2.06. The van der Waals surface area contributed by atoms with Crippen LogP contribution in [0.2, 0.25) is 0 Å². The van der Waals surface area contributed by atoms with E-state index in [-0.39, 0.29) is 5.91 Å². The van der Waals surface area contributed by atoms with E-state index in [1.54, 1.807) is 18.1 Å². The molecule has 0 fully saturated rings. The fraction of sp³-hybridized carbons (Fsp3) is 0.267. The number of amides is 1. The second kappa shape index (κ2) is 5.17. The van der Waals surface area contributed by atoms with Gasteiger partial charge in [-0.25, -0.2) is 0 Å². The van der Waals surface area contributed by atoms with Crippen LogP contribution in [0.25, 0.3) is 0 Å². The Labute approximate surface area is 121 Å². The predicted molar refractivity (Wildman–Crippen MR) is 81.7 cm³/mol. The molecule has 0 radical (unpaired) electrons. The number of hydrogen-bond donors (Lipinski definition) is 1. The summed E-state index contributed by atoms with van der Waals surface area (Å²) in [7, 11) is 1.63. The lowest BCUT2D eigenvalue weighted by atomic mass is 10.0. The number of nitrogen functional groups attached to an aromatic ring is 1. The molecule has 1 aliphatic heterocycles. The number of ether oxygens (including phenoxy) is 1. The number of benzene rings is 1. The van der Waals surface area contributed by atoms with Crippen molar-refractivity contribution in [3.8, 4) is 5.75 Å². The minimum Gasteiger partial charge on any atom is -0.495 e. The van der Waals surface area contributed by atoms with Crippen molar-refractivity contribution in [3.05, 3.63) is 40.1 Å². The molecule has 20 heavy (non-hydrogen) atoms. The Morgan fingerprint density at radius 3 is 2.95 bits per heavy atom. The summed E-state index contributed by atoms with van der Waals surface area (Å²) in [5.41, 5.74) is 8.45. The van der Waals surface area contributed by atoms with Crippen LogP contribution in [-0.4, -0.2) is 19.6 Å². The molecule has 0 aliphatic carbocycles. The van der Waals surface area contributed by atoms with Crippen molar-refractivity contribution in [2.24, 2.45) is 0 Å². The maximum Gasteiger partial charge on any atom is 0.270 e. The molecule has 1 aromatic heterocycles. The molecule has 2 N–H and O–H groups in total. The maximum absolute atomic E-state index is 12.7. The summed E-state index contributed by atoms with van der Waals surface area (Å²) in [6, 6.07) is 7.67. The van der Waals surface area contributed by atoms with Gasteiger partial charge in [0.25, 0.3) is 5.91 Å². The molecule has 0 spiro atoms. The van der Waals surface area contributed by atoms with Crippen molar-refractivity contribution in [1.29, 1.82) is 0 Å². The van der Waals surface area contributed by atoms with Crippen molar-refractivity contribution in [2.45, 2.75) is 12.8 Å². The molecular weight excluding hydrogens is 272 g/mol. The summed E-state index contributed by atoms with van der Waals surface area (Å²) >= 11 is 1.38. The Hall–Kier alpha value is -2.01. The van der Waals surface area contributed by atoms with Gasteiger partial charge in [-0.15, -0.1) is 11.3 Å². The number of thiophene rings is 1. The lowest BCUT2D eigenvalue weighted by Gasteiger charge is -2.30. The minimum atomic E-state index is -0.0389. The zero-order chi connectivity index (χ0) is 14.1. The first kappa shape index (κ1) is 13.0. The van der Waals surface area contributed by atoms with Gasteiger partial charge in [-0.05, 0) is 35.9 Å². The number of nitrogens with zero attached hydrogens (tertiary/aromatic N) is 1. The highest BCUT2D eigenvalue weighted by Gasteiger charge is 2.28. The first-order valence-electron chi connectivity index (χ1n) is 6.53. The van der Waals surface area contributed by atoms with Crippen LogP contribution in [-0.2, 0) is 6.42 Å². The van der Waals surface area contributed by atoms with E-state index in [9.17, 15) is 4.79 Å². The second-order valence-corrected chi connectivity index (χ2v) is 5.65. The summed E-state index contributed by atoms with van der Waals surface area (Å²) in [6.45, 7) is 0.698. The van der Waals surface area contributed by atoms with E-state index in [0.717, 1.165) is 29.8 Å². The summed E-state index contributed by atoms with van der Waals surface area (Å²) in [5, 5.41) is 1.84. The van der Waals surface area contributed by atoms with Gasteiger partial charge >= 0.3 is 0 Å². The zero-order valence-corrected chi connectivity index (χ0v) is 12.1. The third kappa shape index (κ3) is 2.04. The Kier molecular flexibility index (Phi) is 3.36. The fourth-order valence-corrected chi connectivity index (χ4v) is 3.36. The van der Waals surface area contributed by atoms with Crippen LogP contribution < -0.4 is 15.4 Å². The Bertz CT molecular complexity index is 637. The van der Waals surface area contributed by atoms with Gasteiger partial charge in [0.2, 0.25) is 0 Å². The van der Waals surface area contributed by atoms with E-state index in [1.165, 1.54) is 11.3 Å². The molecule has 4 nitrogen and oxygen atoms in total. The molecule has 104 valence electrons. The molecule has 3 rings (SSSR count). The number of hydrogen-bond acceptors (Lipinski definition) is 4. The molecule has 2 aromatic rings. The Morgan fingerprint density at radius 2 is 2.25 bits per heavy atom. The highest BCUT2D eigenvalue weighted by Crippen LogP contribution is 2.37. The summed E-state index contributed by atoms with van der Waals surface area (Å²) in [5.74, 6) is 0.702. The van der Waals surface area contributed by atoms with Gasteiger partial charge in [0.1, 0.15) is 10.6 Å². The SMILES string of the molecule is COc1cccc2c1N(C(=O)c1sccc1N)CCC2. The number of anilines is 2. The molecule has 0 saturated heterocycles. The number of para-hydroxylation sites is 1. The van der Waals surface area contributed by atoms with Gasteiger partial charge in [-0.3, -0.25) is 4.79 Å². The van der Waals surface area contributed by atoms with E-state index in [0.29, 0.717) is 17.1 Å². The lowest BCUT2D eigenvalue weighted by Crippen LogP contribution is -2.35. The quantitative estimate of drug-likeness (QED) is 0.924. The normalized spacial score (nSPS) is 13.9. The third-order valence-corrected chi connectivity index (χ3v) is 4.45. The molecule has 0 saturated carbocycles. The summed E-state index contributed by atoms with van der Waals surface area (Å²) in [6.07, 6.45) is 1.92. The number of carbonyl (C=O) groups is 1. The molecular formula is C15H16N2O2S. The molecule has 0 atom stereocenters. The number of rotatable bonds is 2. The Morgan fingerprint density at radius 1 is 1.40 bits per heavy atom. The number of fused-ring (bicyclic) bond motifs is 1. The standard InChI is InChI=1S/C15H16N2O2S/c1-19-12-6-2-4-10-5-3-8-17(13(10)12)15(18)14-11(16)7-9-20-14/h2,4,6-7,9H,3,5,8,16H2,1H3. The number of carbonyl (C=O) groups excluding carboxylic acids is 1. The van der Waals surface area contributed by atoms with E-state index < -0.39 is 0 Å². The highest BCUT2D eigenvalue weighted by atomic mass is 32.1. The van der Waals surface area contributed by atoms with Gasteiger partial charge in [-0.1, -0.05) is 12.1 Å². The topological polar surface area (TPSA) is 55.6 Å². The van der Waals surface area contributed by atoms with Crippen LogP contribution in [0.4, 0.5) is 11.4 Å². The van der Waals surface area contributed by atoms with Gasteiger partial charge < -0.3 is 15.4 Å². The number of aryl methyl sites for hydroxylation is 1. The number of nitrogens with two attached hydrogens (primary N) is 1. The number of methoxy groups -OCH3 is 1. The van der Waals surface area contributed by atoms with Crippen LogP contribution in [0.1, 0.15) is 21.7 Å². The third-order valence-electron chi connectivity index (χ3n) is 3.54. The first-order chi connectivity index (χ1) is 9.72. The molecule has 0 unspecified atom stereocenters. The summed E-state index contributed by atoms with van der Waals surface area (Å²) < 4.78 is 5.42. The van der Waals surface area contributed by atoms with Crippen molar-refractivity contribution in [2.75, 3.05) is 24.3 Å².